The maximum Gasteiger partial charge on any atom is 0.234 e. The Morgan fingerprint density at radius 2 is 1.78 bits per heavy atom. The molecule has 0 saturated carbocycles. The highest BCUT2D eigenvalue weighted by Crippen LogP contribution is 2.26. The van der Waals surface area contributed by atoms with E-state index in [0.29, 0.717) is 5.91 Å². The molecule has 0 radical (unpaired) electrons. The third kappa shape index (κ3) is 5.59. The topological polar surface area (TPSA) is 78.4 Å². The molecule has 32 heavy (non-hydrogen) atoms. The van der Waals surface area contributed by atoms with E-state index in [0.717, 1.165) is 74.0 Å². The number of hydrogen-bond donors (Lipinski definition) is 1. The molecule has 1 aromatic carbocycles. The molecule has 2 amide bonds. The zero-order valence-corrected chi connectivity index (χ0v) is 19.7. The lowest BCUT2D eigenvalue weighted by molar-refractivity contribution is -0.135. The Bertz CT molecular complexity index is 951. The Kier molecular flexibility index (Phi) is 7.29. The Balaban J connectivity index is 1.23. The van der Waals surface area contributed by atoms with Gasteiger partial charge in [-0.3, -0.25) is 9.59 Å². The molecule has 0 atom stereocenters. The van der Waals surface area contributed by atoms with Gasteiger partial charge in [-0.25, -0.2) is 0 Å². The van der Waals surface area contributed by atoms with E-state index in [-0.39, 0.29) is 17.6 Å². The number of anilines is 2. The van der Waals surface area contributed by atoms with Crippen LogP contribution < -0.4 is 10.2 Å². The van der Waals surface area contributed by atoms with Crippen molar-refractivity contribution < 1.29 is 9.59 Å². The monoisotopic (exact) mass is 453 g/mol. The van der Waals surface area contributed by atoms with Crippen LogP contribution in [0.25, 0.3) is 0 Å². The van der Waals surface area contributed by atoms with Crippen LogP contribution in [0.3, 0.4) is 0 Å². The summed E-state index contributed by atoms with van der Waals surface area (Å²) in [7, 11) is 0. The summed E-state index contributed by atoms with van der Waals surface area (Å²) in [5.74, 6) is 1.53. The maximum atomic E-state index is 12.6. The third-order valence-corrected chi connectivity index (χ3v) is 7.14. The Morgan fingerprint density at radius 3 is 2.44 bits per heavy atom. The molecule has 4 rings (SSSR count). The van der Waals surface area contributed by atoms with Crippen LogP contribution in [0.2, 0.25) is 0 Å². The number of carbonyl (C=O) groups excluding carboxylic acids is 2. The lowest BCUT2D eigenvalue weighted by Gasteiger charge is -2.33. The molecule has 3 heterocycles. The molecule has 0 spiro atoms. The zero-order chi connectivity index (χ0) is 22.5. The van der Waals surface area contributed by atoms with Gasteiger partial charge in [0.2, 0.25) is 11.8 Å². The van der Waals surface area contributed by atoms with Gasteiger partial charge in [0.15, 0.2) is 5.82 Å². The van der Waals surface area contributed by atoms with Crippen molar-refractivity contribution in [1.29, 1.82) is 0 Å². The normalized spacial score (nSPS) is 16.9. The van der Waals surface area contributed by atoms with Crippen LogP contribution in [0.1, 0.15) is 36.8 Å². The summed E-state index contributed by atoms with van der Waals surface area (Å²) in [6, 6.07) is 9.85. The van der Waals surface area contributed by atoms with Crippen molar-refractivity contribution >= 4 is 35.1 Å². The van der Waals surface area contributed by atoms with Crippen molar-refractivity contribution in [3.63, 3.8) is 0 Å². The molecular formula is C24H31N5O2S. The highest BCUT2D eigenvalue weighted by Gasteiger charge is 2.30. The number of nitrogens with one attached hydrogen (secondary N) is 1. The van der Waals surface area contributed by atoms with Gasteiger partial charge in [-0.15, -0.1) is 10.2 Å². The second kappa shape index (κ2) is 10.3. The second-order valence-corrected chi connectivity index (χ2v) is 9.67. The van der Waals surface area contributed by atoms with Crippen LogP contribution in [0.4, 0.5) is 11.5 Å². The van der Waals surface area contributed by atoms with Gasteiger partial charge in [0.1, 0.15) is 5.03 Å². The van der Waals surface area contributed by atoms with Crippen molar-refractivity contribution in [2.24, 2.45) is 5.92 Å². The Labute approximate surface area is 194 Å². The van der Waals surface area contributed by atoms with E-state index in [1.807, 2.05) is 43.0 Å². The van der Waals surface area contributed by atoms with Gasteiger partial charge in [-0.05, 0) is 63.3 Å². The second-order valence-electron chi connectivity index (χ2n) is 8.68. The fraction of sp³-hybridized carbons (Fsp3) is 0.500. The van der Waals surface area contributed by atoms with Gasteiger partial charge < -0.3 is 15.1 Å². The number of likely N-dealkylation sites (tertiary alicyclic amines) is 1. The summed E-state index contributed by atoms with van der Waals surface area (Å²) < 4.78 is 0. The van der Waals surface area contributed by atoms with Gasteiger partial charge >= 0.3 is 0 Å². The minimum absolute atomic E-state index is 0.0578. The van der Waals surface area contributed by atoms with Crippen LogP contribution in [0.15, 0.2) is 35.4 Å². The largest absolute Gasteiger partial charge is 0.355 e. The number of aromatic nitrogens is 2. The lowest BCUT2D eigenvalue weighted by Crippen LogP contribution is -2.42. The molecule has 2 aromatic rings. The molecule has 0 unspecified atom stereocenters. The molecule has 2 aliphatic rings. The lowest BCUT2D eigenvalue weighted by atomic mass is 9.95. The summed E-state index contributed by atoms with van der Waals surface area (Å²) in [6.45, 7) is 7.52. The average molecular weight is 454 g/mol. The van der Waals surface area contributed by atoms with E-state index < -0.39 is 0 Å². The molecule has 0 bridgehead atoms. The zero-order valence-electron chi connectivity index (χ0n) is 18.8. The number of piperidine rings is 1. The summed E-state index contributed by atoms with van der Waals surface area (Å²) in [4.78, 5) is 29.1. The van der Waals surface area contributed by atoms with E-state index in [9.17, 15) is 9.59 Å². The smallest absolute Gasteiger partial charge is 0.234 e. The summed E-state index contributed by atoms with van der Waals surface area (Å²) >= 11 is 1.38. The first kappa shape index (κ1) is 22.6. The number of hydrogen-bond acceptors (Lipinski definition) is 6. The number of amides is 2. The van der Waals surface area contributed by atoms with Crippen LogP contribution >= 0.6 is 11.8 Å². The summed E-state index contributed by atoms with van der Waals surface area (Å²) in [6.07, 6.45) is 4.01. The van der Waals surface area contributed by atoms with Crippen molar-refractivity contribution in [3.05, 3.63) is 41.5 Å². The van der Waals surface area contributed by atoms with Gasteiger partial charge in [-0.2, -0.15) is 0 Å². The van der Waals surface area contributed by atoms with E-state index in [4.69, 9.17) is 0 Å². The van der Waals surface area contributed by atoms with Crippen molar-refractivity contribution in [2.45, 2.75) is 44.6 Å². The number of rotatable bonds is 6. The molecule has 2 fully saturated rings. The Hall–Kier alpha value is -2.61. The molecule has 1 aromatic heterocycles. The highest BCUT2D eigenvalue weighted by atomic mass is 32.2. The molecule has 0 aliphatic carbocycles. The maximum absolute atomic E-state index is 12.6. The minimum Gasteiger partial charge on any atom is -0.355 e. The highest BCUT2D eigenvalue weighted by molar-refractivity contribution is 7.99. The van der Waals surface area contributed by atoms with Crippen LogP contribution in [0, 0.1) is 19.8 Å². The predicted molar refractivity (Wildman–Crippen MR) is 128 cm³/mol. The molecule has 1 N–H and O–H groups in total. The summed E-state index contributed by atoms with van der Waals surface area (Å²) in [5.41, 5.74) is 3.07. The SMILES string of the molecule is Cc1ccc(NC(=O)CSc2ccc(N3CCC(C(=O)N4CCCC4)CC3)nn2)c(C)c1. The molecule has 8 heteroatoms. The van der Waals surface area contributed by atoms with Crippen molar-refractivity contribution in [2.75, 3.05) is 42.1 Å². The standard InChI is InChI=1S/C24H31N5O2S/c1-17-5-6-20(18(2)15-17)25-22(30)16-32-23-8-7-21(26-27-23)28-13-9-19(10-14-28)24(31)29-11-3-4-12-29/h5-8,15,19H,3-4,9-14,16H2,1-2H3,(H,25,30). The quantitative estimate of drug-likeness (QED) is 0.673. The molecule has 170 valence electrons. The van der Waals surface area contributed by atoms with E-state index in [1.54, 1.807) is 0 Å². The van der Waals surface area contributed by atoms with E-state index >= 15 is 0 Å². The summed E-state index contributed by atoms with van der Waals surface area (Å²) in [5, 5.41) is 12.3. The van der Waals surface area contributed by atoms with Crippen LogP contribution in [-0.4, -0.2) is 58.8 Å². The van der Waals surface area contributed by atoms with Gasteiger partial charge in [0.25, 0.3) is 0 Å². The Morgan fingerprint density at radius 1 is 1.03 bits per heavy atom. The molecule has 2 saturated heterocycles. The predicted octanol–water partition coefficient (Wildman–Crippen LogP) is 3.66. The van der Waals surface area contributed by atoms with E-state index in [2.05, 4.69) is 26.5 Å². The first-order chi connectivity index (χ1) is 15.5. The fourth-order valence-corrected chi connectivity index (χ4v) is 5.00. The van der Waals surface area contributed by atoms with Crippen LogP contribution in [0.5, 0.6) is 0 Å². The van der Waals surface area contributed by atoms with Crippen molar-refractivity contribution in [3.8, 4) is 0 Å². The van der Waals surface area contributed by atoms with Gasteiger partial charge in [0, 0.05) is 37.8 Å². The van der Waals surface area contributed by atoms with Gasteiger partial charge in [0.05, 0.1) is 5.75 Å². The molecule has 2 aliphatic heterocycles. The molecular weight excluding hydrogens is 422 g/mol. The first-order valence-corrected chi connectivity index (χ1v) is 12.4. The third-order valence-electron chi connectivity index (χ3n) is 6.22. The molecule has 7 nitrogen and oxygen atoms in total. The number of nitrogens with zero attached hydrogens (tertiary/aromatic N) is 4. The van der Waals surface area contributed by atoms with E-state index in [1.165, 1.54) is 17.3 Å². The number of benzene rings is 1. The van der Waals surface area contributed by atoms with Crippen molar-refractivity contribution in [1.82, 2.24) is 15.1 Å². The minimum atomic E-state index is -0.0578. The van der Waals surface area contributed by atoms with Crippen LogP contribution in [-0.2, 0) is 9.59 Å². The first-order valence-electron chi connectivity index (χ1n) is 11.4. The average Bonchev–Trinajstić information content (AvgIpc) is 3.35. The fourth-order valence-electron chi connectivity index (χ4n) is 4.39. The van der Waals surface area contributed by atoms with Gasteiger partial charge in [-0.1, -0.05) is 29.5 Å². The number of thioether (sulfide) groups is 1. The number of carbonyl (C=O) groups is 2. The number of aryl methyl sites for hydroxylation is 2.